The van der Waals surface area contributed by atoms with E-state index < -0.39 is 0 Å². The Morgan fingerprint density at radius 1 is 1.26 bits per heavy atom. The van der Waals surface area contributed by atoms with Gasteiger partial charge in [0.2, 0.25) is 0 Å². The summed E-state index contributed by atoms with van der Waals surface area (Å²) in [5.74, 6) is 0.609. The Morgan fingerprint density at radius 2 is 2.00 bits per heavy atom. The van der Waals surface area contributed by atoms with E-state index in [1.807, 2.05) is 12.1 Å². The van der Waals surface area contributed by atoms with Crippen molar-refractivity contribution < 1.29 is 9.53 Å². The minimum absolute atomic E-state index is 0.0515. The maximum Gasteiger partial charge on any atom is 0.323 e. The molecule has 2 aliphatic carbocycles. The number of hydrogen-bond donors (Lipinski definition) is 0. The summed E-state index contributed by atoms with van der Waals surface area (Å²) < 4.78 is 6.12. The van der Waals surface area contributed by atoms with Crippen molar-refractivity contribution in [1.29, 1.82) is 0 Å². The molecule has 1 aliphatic heterocycles. The van der Waals surface area contributed by atoms with E-state index in [9.17, 15) is 4.79 Å². The lowest BCUT2D eigenvalue weighted by Gasteiger charge is -2.45. The molecule has 27 heavy (non-hydrogen) atoms. The van der Waals surface area contributed by atoms with Gasteiger partial charge in [0.25, 0.3) is 0 Å². The van der Waals surface area contributed by atoms with E-state index >= 15 is 0 Å². The summed E-state index contributed by atoms with van der Waals surface area (Å²) in [5.41, 5.74) is 1.36. The van der Waals surface area contributed by atoms with Gasteiger partial charge in [0.05, 0.1) is 0 Å². The molecule has 1 aromatic rings. The summed E-state index contributed by atoms with van der Waals surface area (Å²) >= 11 is 12.4. The topological polar surface area (TPSA) is 29.5 Å². The van der Waals surface area contributed by atoms with Crippen LogP contribution in [0.15, 0.2) is 18.2 Å². The zero-order valence-electron chi connectivity index (χ0n) is 16.6. The highest BCUT2D eigenvalue weighted by molar-refractivity contribution is 6.35. The van der Waals surface area contributed by atoms with Crippen molar-refractivity contribution in [3.63, 3.8) is 0 Å². The van der Waals surface area contributed by atoms with Gasteiger partial charge in [0.15, 0.2) is 0 Å². The predicted octanol–water partition coefficient (Wildman–Crippen LogP) is 5.89. The van der Waals surface area contributed by atoms with Crippen molar-refractivity contribution in [3.8, 4) is 0 Å². The average Bonchev–Trinajstić information content (AvgIpc) is 2.87. The second-order valence-corrected chi connectivity index (χ2v) is 10.3. The molecule has 2 bridgehead atoms. The number of halogens is 2. The zero-order chi connectivity index (χ0) is 19.6. The molecule has 5 atom stereocenters. The van der Waals surface area contributed by atoms with Crippen LogP contribution in [-0.2, 0) is 9.53 Å². The van der Waals surface area contributed by atoms with Crippen molar-refractivity contribution in [2.24, 2.45) is 16.7 Å². The van der Waals surface area contributed by atoms with Crippen LogP contribution in [0.25, 0.3) is 0 Å². The molecule has 0 radical (unpaired) electrons. The van der Waals surface area contributed by atoms with Crippen molar-refractivity contribution in [3.05, 3.63) is 33.8 Å². The maximum absolute atomic E-state index is 13.0. The first-order chi connectivity index (χ1) is 12.6. The monoisotopic (exact) mass is 409 g/mol. The highest BCUT2D eigenvalue weighted by atomic mass is 35.5. The van der Waals surface area contributed by atoms with Gasteiger partial charge in [-0.15, -0.1) is 0 Å². The normalized spacial score (nSPS) is 35.7. The van der Waals surface area contributed by atoms with Crippen LogP contribution in [0.5, 0.6) is 0 Å². The van der Waals surface area contributed by atoms with Crippen LogP contribution >= 0.6 is 23.2 Å². The Bertz CT molecular complexity index is 765. The number of ether oxygens (including phenoxy) is 1. The Hall–Kier alpha value is -0.770. The lowest BCUT2D eigenvalue weighted by Crippen LogP contribution is -2.55. The van der Waals surface area contributed by atoms with Crippen LogP contribution in [0.2, 0.25) is 10.0 Å². The van der Waals surface area contributed by atoms with Gasteiger partial charge in [0, 0.05) is 28.0 Å². The standard InChI is InChI=1S/C22H29Cl2NO2/c1-13(16-6-5-15(23)12-17(16)24)25-10-8-18(25)20(26)27-19-11-14-7-9-22(19,4)21(14,2)3/h5-6,12-14,18-19H,7-11H2,1-4H3. The van der Waals surface area contributed by atoms with Crippen molar-refractivity contribution in [2.75, 3.05) is 6.54 Å². The predicted molar refractivity (Wildman–Crippen MR) is 109 cm³/mol. The number of fused-ring (bicyclic) bond motifs is 2. The number of hydrogen-bond acceptors (Lipinski definition) is 3. The second-order valence-electron chi connectivity index (χ2n) is 9.42. The Labute approximate surface area is 172 Å². The fourth-order valence-corrected chi connectivity index (χ4v) is 6.24. The summed E-state index contributed by atoms with van der Waals surface area (Å²) in [6.45, 7) is 9.98. The van der Waals surface area contributed by atoms with Crippen LogP contribution in [-0.4, -0.2) is 29.6 Å². The quantitative estimate of drug-likeness (QED) is 0.580. The summed E-state index contributed by atoms with van der Waals surface area (Å²) in [4.78, 5) is 15.2. The maximum atomic E-state index is 13.0. The van der Waals surface area contributed by atoms with Crippen LogP contribution in [0.1, 0.15) is 65.0 Å². The molecule has 2 saturated carbocycles. The lowest BCUT2D eigenvalue weighted by atomic mass is 9.70. The van der Waals surface area contributed by atoms with Gasteiger partial charge in [-0.1, -0.05) is 50.0 Å². The first-order valence-electron chi connectivity index (χ1n) is 10.1. The first kappa shape index (κ1) is 19.5. The van der Waals surface area contributed by atoms with Gasteiger partial charge < -0.3 is 4.74 Å². The van der Waals surface area contributed by atoms with Crippen molar-refractivity contribution in [1.82, 2.24) is 4.90 Å². The van der Waals surface area contributed by atoms with E-state index in [0.29, 0.717) is 16.0 Å². The molecule has 0 aromatic heterocycles. The number of rotatable bonds is 4. The summed E-state index contributed by atoms with van der Waals surface area (Å²) in [7, 11) is 0. The van der Waals surface area contributed by atoms with Gasteiger partial charge in [-0.25, -0.2) is 0 Å². The number of esters is 1. The van der Waals surface area contributed by atoms with Crippen LogP contribution in [0.4, 0.5) is 0 Å². The smallest absolute Gasteiger partial charge is 0.323 e. The minimum Gasteiger partial charge on any atom is -0.461 e. The van der Waals surface area contributed by atoms with Gasteiger partial charge in [0.1, 0.15) is 12.1 Å². The van der Waals surface area contributed by atoms with Crippen molar-refractivity contribution in [2.45, 2.75) is 71.6 Å². The summed E-state index contributed by atoms with van der Waals surface area (Å²) in [6.07, 6.45) is 4.34. The van der Waals surface area contributed by atoms with Crippen LogP contribution in [0, 0.1) is 16.7 Å². The third-order valence-electron chi connectivity index (χ3n) is 8.22. The molecule has 1 saturated heterocycles. The molecule has 0 amide bonds. The molecule has 1 aromatic carbocycles. The minimum atomic E-state index is -0.169. The van der Waals surface area contributed by atoms with E-state index in [4.69, 9.17) is 27.9 Å². The number of nitrogens with zero attached hydrogens (tertiary/aromatic N) is 1. The summed E-state index contributed by atoms with van der Waals surface area (Å²) in [6, 6.07) is 5.46. The van der Waals surface area contributed by atoms with Crippen molar-refractivity contribution >= 4 is 29.2 Å². The molecule has 0 N–H and O–H groups in total. The van der Waals surface area contributed by atoms with Gasteiger partial charge >= 0.3 is 5.97 Å². The third kappa shape index (κ3) is 2.92. The fraction of sp³-hybridized carbons (Fsp3) is 0.682. The number of carbonyl (C=O) groups is 1. The molecule has 3 aliphatic rings. The molecule has 5 heteroatoms. The third-order valence-corrected chi connectivity index (χ3v) is 8.78. The zero-order valence-corrected chi connectivity index (χ0v) is 18.1. The number of benzene rings is 1. The van der Waals surface area contributed by atoms with E-state index in [1.54, 1.807) is 6.07 Å². The van der Waals surface area contributed by atoms with Crippen LogP contribution in [0.3, 0.4) is 0 Å². The van der Waals surface area contributed by atoms with Gasteiger partial charge in [-0.05, 0) is 61.6 Å². The molecule has 3 nitrogen and oxygen atoms in total. The fourth-order valence-electron chi connectivity index (χ4n) is 5.67. The Morgan fingerprint density at radius 3 is 2.52 bits per heavy atom. The molecule has 148 valence electrons. The lowest BCUT2D eigenvalue weighted by molar-refractivity contribution is -0.170. The summed E-state index contributed by atoms with van der Waals surface area (Å²) in [5, 5.41) is 1.28. The van der Waals surface area contributed by atoms with Gasteiger partial charge in [-0.2, -0.15) is 0 Å². The highest BCUT2D eigenvalue weighted by Gasteiger charge is 2.63. The molecular weight excluding hydrogens is 381 g/mol. The Balaban J connectivity index is 1.44. The van der Waals surface area contributed by atoms with E-state index in [1.165, 1.54) is 6.42 Å². The molecule has 0 spiro atoms. The average molecular weight is 410 g/mol. The number of carbonyl (C=O) groups excluding carboxylic acids is 1. The highest BCUT2D eigenvalue weighted by Crippen LogP contribution is 2.66. The first-order valence-corrected chi connectivity index (χ1v) is 10.8. The SMILES string of the molecule is CC(c1ccc(Cl)cc1Cl)N1CCC1C(=O)OC1CC2CCC1(C)C2(C)C. The van der Waals surface area contributed by atoms with Crippen LogP contribution < -0.4 is 0 Å². The van der Waals surface area contributed by atoms with E-state index in [0.717, 1.165) is 31.4 Å². The molecule has 4 rings (SSSR count). The van der Waals surface area contributed by atoms with E-state index in [2.05, 4.69) is 32.6 Å². The Kier molecular flexibility index (Phi) is 4.81. The molecule has 3 fully saturated rings. The molecule has 1 heterocycles. The molecular formula is C22H29Cl2NO2. The molecule has 5 unspecified atom stereocenters. The van der Waals surface area contributed by atoms with Gasteiger partial charge in [-0.3, -0.25) is 9.69 Å². The van der Waals surface area contributed by atoms with E-state index in [-0.39, 0.29) is 35.0 Å². The largest absolute Gasteiger partial charge is 0.461 e. The second kappa shape index (κ2) is 6.64. The number of likely N-dealkylation sites (tertiary alicyclic amines) is 1.